The average molecular weight is 362 g/mol. The molecule has 132 valence electrons. The number of amides is 1. The minimum atomic E-state index is 0. The lowest BCUT2D eigenvalue weighted by Gasteiger charge is -2.19. The number of hydrogen-bond acceptors (Lipinski definition) is 3. The van der Waals surface area contributed by atoms with Crippen LogP contribution in [0.1, 0.15) is 32.1 Å². The summed E-state index contributed by atoms with van der Waals surface area (Å²) in [5.74, 6) is 0.339. The normalized spacial score (nSPS) is 19.4. The Morgan fingerprint density at radius 2 is 1.91 bits per heavy atom. The molecule has 0 bridgehead atoms. The fourth-order valence-electron chi connectivity index (χ4n) is 2.90. The topological polar surface area (TPSA) is 58.4 Å². The molecule has 2 atom stereocenters. The zero-order valence-corrected chi connectivity index (χ0v) is 15.4. The fraction of sp³-hybridized carbons (Fsp3) is 0.588. The van der Waals surface area contributed by atoms with E-state index >= 15 is 0 Å². The van der Waals surface area contributed by atoms with Gasteiger partial charge < -0.3 is 16.0 Å². The Morgan fingerprint density at radius 1 is 1.22 bits per heavy atom. The number of unbranched alkanes of at least 4 members (excludes halogenated alkanes) is 1. The Balaban J connectivity index is 0.00000242. The molecule has 6 heteroatoms. The molecule has 0 aliphatic heterocycles. The van der Waals surface area contributed by atoms with E-state index in [1.807, 2.05) is 6.07 Å². The van der Waals surface area contributed by atoms with Crippen molar-refractivity contribution in [1.29, 1.82) is 0 Å². The van der Waals surface area contributed by atoms with Crippen LogP contribution in [0.2, 0.25) is 0 Å². The Bertz CT molecular complexity index is 445. The first-order valence-electron chi connectivity index (χ1n) is 7.96. The molecule has 4 nitrogen and oxygen atoms in total. The van der Waals surface area contributed by atoms with Gasteiger partial charge in [-0.1, -0.05) is 18.2 Å². The van der Waals surface area contributed by atoms with Gasteiger partial charge in [-0.25, -0.2) is 0 Å². The van der Waals surface area contributed by atoms with Crippen LogP contribution < -0.4 is 16.0 Å². The molecule has 1 saturated carbocycles. The number of benzene rings is 1. The van der Waals surface area contributed by atoms with E-state index in [0.29, 0.717) is 0 Å². The zero-order valence-electron chi connectivity index (χ0n) is 13.7. The molecule has 1 aliphatic carbocycles. The molecule has 0 spiro atoms. The van der Waals surface area contributed by atoms with Gasteiger partial charge in [0.1, 0.15) is 0 Å². The van der Waals surface area contributed by atoms with E-state index in [0.717, 1.165) is 45.2 Å². The Morgan fingerprint density at radius 3 is 2.52 bits per heavy atom. The van der Waals surface area contributed by atoms with E-state index in [-0.39, 0.29) is 42.7 Å². The SMILES string of the molecule is CN(CCCCNC(=O)C1CCC(N)C1)c1ccccc1.Cl.Cl. The van der Waals surface area contributed by atoms with Crippen molar-refractivity contribution in [3.63, 3.8) is 0 Å². The standard InChI is InChI=1S/C17H27N3O.2ClH/c1-20(16-7-3-2-4-8-16)12-6-5-11-19-17(21)14-9-10-15(18)13-14;;/h2-4,7-8,14-15H,5-6,9-13,18H2,1H3,(H,19,21);2*1H. The van der Waals surface area contributed by atoms with Gasteiger partial charge >= 0.3 is 0 Å². The van der Waals surface area contributed by atoms with Crippen LogP contribution in [0.4, 0.5) is 5.69 Å². The molecule has 0 saturated heterocycles. The van der Waals surface area contributed by atoms with Crippen LogP contribution in [0.25, 0.3) is 0 Å². The highest BCUT2D eigenvalue weighted by Gasteiger charge is 2.27. The number of nitrogens with two attached hydrogens (primary N) is 1. The number of carbonyl (C=O) groups excluding carboxylic acids is 1. The number of hydrogen-bond donors (Lipinski definition) is 2. The smallest absolute Gasteiger partial charge is 0.223 e. The molecule has 0 radical (unpaired) electrons. The first-order chi connectivity index (χ1) is 10.2. The first kappa shape index (κ1) is 22.0. The third-order valence-corrected chi connectivity index (χ3v) is 4.26. The van der Waals surface area contributed by atoms with Crippen molar-refractivity contribution in [2.24, 2.45) is 11.7 Å². The molecule has 3 N–H and O–H groups in total. The van der Waals surface area contributed by atoms with E-state index in [9.17, 15) is 4.79 Å². The summed E-state index contributed by atoms with van der Waals surface area (Å²) in [6.07, 6.45) is 4.88. The van der Waals surface area contributed by atoms with E-state index in [1.165, 1.54) is 5.69 Å². The molecule has 1 aliphatic rings. The molecular weight excluding hydrogens is 333 g/mol. The van der Waals surface area contributed by atoms with Crippen LogP contribution >= 0.6 is 24.8 Å². The van der Waals surface area contributed by atoms with Crippen LogP contribution in [-0.2, 0) is 4.79 Å². The maximum absolute atomic E-state index is 11.9. The third-order valence-electron chi connectivity index (χ3n) is 4.26. The van der Waals surface area contributed by atoms with Crippen LogP contribution in [0.5, 0.6) is 0 Å². The van der Waals surface area contributed by atoms with Gasteiger partial charge in [0, 0.05) is 37.8 Å². The summed E-state index contributed by atoms with van der Waals surface area (Å²) in [6.45, 7) is 1.78. The number of anilines is 1. The predicted octanol–water partition coefficient (Wildman–Crippen LogP) is 2.99. The van der Waals surface area contributed by atoms with E-state index in [2.05, 4.69) is 41.5 Å². The molecule has 1 aromatic rings. The van der Waals surface area contributed by atoms with Crippen molar-refractivity contribution in [2.75, 3.05) is 25.0 Å². The Labute approximate surface area is 152 Å². The zero-order chi connectivity index (χ0) is 15.1. The summed E-state index contributed by atoms with van der Waals surface area (Å²) >= 11 is 0. The second kappa shape index (κ2) is 11.5. The van der Waals surface area contributed by atoms with Crippen LogP contribution in [0, 0.1) is 5.92 Å². The number of nitrogens with zero attached hydrogens (tertiary/aromatic N) is 1. The monoisotopic (exact) mass is 361 g/mol. The van der Waals surface area contributed by atoms with Crippen molar-refractivity contribution in [3.8, 4) is 0 Å². The lowest BCUT2D eigenvalue weighted by Crippen LogP contribution is -2.31. The van der Waals surface area contributed by atoms with Gasteiger partial charge in [0.25, 0.3) is 0 Å². The van der Waals surface area contributed by atoms with Gasteiger partial charge in [-0.05, 0) is 44.2 Å². The number of carbonyl (C=O) groups is 1. The first-order valence-corrected chi connectivity index (χ1v) is 7.96. The van der Waals surface area contributed by atoms with Crippen LogP contribution in [-0.4, -0.2) is 32.1 Å². The van der Waals surface area contributed by atoms with E-state index in [1.54, 1.807) is 0 Å². The molecular formula is C17H29Cl2N3O. The molecule has 23 heavy (non-hydrogen) atoms. The Hall–Kier alpha value is -0.970. The fourth-order valence-corrected chi connectivity index (χ4v) is 2.90. The summed E-state index contributed by atoms with van der Waals surface area (Å²) in [5.41, 5.74) is 7.08. The van der Waals surface area contributed by atoms with E-state index < -0.39 is 0 Å². The quantitative estimate of drug-likeness (QED) is 0.733. The number of rotatable bonds is 7. The third kappa shape index (κ3) is 7.42. The highest BCUT2D eigenvalue weighted by molar-refractivity contribution is 5.85. The van der Waals surface area contributed by atoms with Crippen molar-refractivity contribution in [2.45, 2.75) is 38.1 Å². The summed E-state index contributed by atoms with van der Waals surface area (Å²) in [7, 11) is 2.10. The largest absolute Gasteiger partial charge is 0.375 e. The van der Waals surface area contributed by atoms with Gasteiger partial charge in [-0.3, -0.25) is 4.79 Å². The maximum Gasteiger partial charge on any atom is 0.223 e. The van der Waals surface area contributed by atoms with Gasteiger partial charge in [-0.2, -0.15) is 0 Å². The minimum absolute atomic E-state index is 0. The average Bonchev–Trinajstić information content (AvgIpc) is 2.94. The molecule has 1 aromatic carbocycles. The van der Waals surface area contributed by atoms with Gasteiger partial charge in [-0.15, -0.1) is 24.8 Å². The summed E-state index contributed by atoms with van der Waals surface area (Å²) in [5, 5.41) is 3.05. The lowest BCUT2D eigenvalue weighted by atomic mass is 10.1. The van der Waals surface area contributed by atoms with Crippen molar-refractivity contribution in [1.82, 2.24) is 5.32 Å². The molecule has 2 unspecified atom stereocenters. The summed E-state index contributed by atoms with van der Waals surface area (Å²) in [4.78, 5) is 14.2. The lowest BCUT2D eigenvalue weighted by molar-refractivity contribution is -0.124. The second-order valence-corrected chi connectivity index (χ2v) is 6.03. The van der Waals surface area contributed by atoms with Crippen molar-refractivity contribution >= 4 is 36.4 Å². The second-order valence-electron chi connectivity index (χ2n) is 6.03. The molecule has 1 fully saturated rings. The van der Waals surface area contributed by atoms with Crippen LogP contribution in [0.15, 0.2) is 30.3 Å². The molecule has 0 aromatic heterocycles. The van der Waals surface area contributed by atoms with Crippen molar-refractivity contribution < 1.29 is 4.79 Å². The molecule has 0 heterocycles. The number of nitrogens with one attached hydrogen (secondary N) is 1. The molecule has 1 amide bonds. The Kier molecular flexibility index (Phi) is 11.1. The predicted molar refractivity (Wildman–Crippen MR) is 102 cm³/mol. The van der Waals surface area contributed by atoms with Crippen molar-refractivity contribution in [3.05, 3.63) is 30.3 Å². The maximum atomic E-state index is 11.9. The van der Waals surface area contributed by atoms with E-state index in [4.69, 9.17) is 5.73 Å². The number of halogens is 2. The van der Waals surface area contributed by atoms with Gasteiger partial charge in [0.05, 0.1) is 0 Å². The highest BCUT2D eigenvalue weighted by atomic mass is 35.5. The highest BCUT2D eigenvalue weighted by Crippen LogP contribution is 2.23. The minimum Gasteiger partial charge on any atom is -0.375 e. The van der Waals surface area contributed by atoms with Gasteiger partial charge in [0.15, 0.2) is 0 Å². The van der Waals surface area contributed by atoms with Gasteiger partial charge in [0.2, 0.25) is 5.91 Å². The molecule has 2 rings (SSSR count). The van der Waals surface area contributed by atoms with Crippen LogP contribution in [0.3, 0.4) is 0 Å². The number of para-hydroxylation sites is 1. The summed E-state index contributed by atoms with van der Waals surface area (Å²) in [6, 6.07) is 10.6. The summed E-state index contributed by atoms with van der Waals surface area (Å²) < 4.78 is 0.